The van der Waals surface area contributed by atoms with E-state index >= 15 is 0 Å². The number of rotatable bonds is 2. The Morgan fingerprint density at radius 2 is 1.61 bits per heavy atom. The van der Waals surface area contributed by atoms with Crippen molar-refractivity contribution >= 4 is 40.5 Å². The molecule has 0 aliphatic carbocycles. The number of nitrogens with two attached hydrogens (primary N) is 1. The molecule has 0 radical (unpaired) electrons. The van der Waals surface area contributed by atoms with Crippen LogP contribution in [0.4, 0.5) is 5.69 Å². The topological polar surface area (TPSA) is 35.2 Å². The van der Waals surface area contributed by atoms with E-state index in [0.29, 0.717) is 32.3 Å². The Bertz CT molecular complexity index is 579. The molecule has 18 heavy (non-hydrogen) atoms. The average molecular weight is 303 g/mol. The van der Waals surface area contributed by atoms with Crippen LogP contribution in [0.3, 0.4) is 0 Å². The third-order valence-corrected chi connectivity index (χ3v) is 3.27. The van der Waals surface area contributed by atoms with E-state index in [1.807, 2.05) is 6.92 Å². The van der Waals surface area contributed by atoms with E-state index in [4.69, 9.17) is 45.3 Å². The lowest BCUT2D eigenvalue weighted by molar-refractivity contribution is 0.481. The Morgan fingerprint density at radius 3 is 2.22 bits per heavy atom. The van der Waals surface area contributed by atoms with Gasteiger partial charge in [0.1, 0.15) is 5.75 Å². The number of anilines is 1. The Labute approximate surface area is 120 Å². The standard InChI is InChI=1S/C13H10Cl3NO/c1-7-11(16)2-3-12(17)13(7)18-10-5-8(14)4-9(15)6-10/h2-6H,17H2,1H3. The first kappa shape index (κ1) is 13.3. The normalized spacial score (nSPS) is 10.4. The number of nitrogen functional groups attached to an aromatic ring is 1. The minimum Gasteiger partial charge on any atom is -0.455 e. The number of halogens is 3. The molecule has 2 N–H and O–H groups in total. The first-order valence-corrected chi connectivity index (χ1v) is 6.29. The van der Waals surface area contributed by atoms with Crippen LogP contribution in [0.2, 0.25) is 15.1 Å². The average Bonchev–Trinajstić information content (AvgIpc) is 2.28. The minimum atomic E-state index is 0.496. The molecule has 2 nitrogen and oxygen atoms in total. The van der Waals surface area contributed by atoms with Crippen LogP contribution in [0.5, 0.6) is 11.5 Å². The highest BCUT2D eigenvalue weighted by molar-refractivity contribution is 6.34. The molecule has 0 atom stereocenters. The predicted molar refractivity (Wildman–Crippen MR) is 77.1 cm³/mol. The van der Waals surface area contributed by atoms with Gasteiger partial charge in [0.25, 0.3) is 0 Å². The van der Waals surface area contributed by atoms with Crippen LogP contribution >= 0.6 is 34.8 Å². The highest BCUT2D eigenvalue weighted by atomic mass is 35.5. The van der Waals surface area contributed by atoms with Crippen molar-refractivity contribution in [2.75, 3.05) is 5.73 Å². The monoisotopic (exact) mass is 301 g/mol. The summed E-state index contributed by atoms with van der Waals surface area (Å²) in [7, 11) is 0. The Kier molecular flexibility index (Phi) is 3.91. The molecule has 2 rings (SSSR count). The van der Waals surface area contributed by atoms with Gasteiger partial charge in [-0.1, -0.05) is 34.8 Å². The van der Waals surface area contributed by atoms with Crippen molar-refractivity contribution in [3.8, 4) is 11.5 Å². The Morgan fingerprint density at radius 1 is 1.00 bits per heavy atom. The maximum absolute atomic E-state index is 6.03. The fraction of sp³-hybridized carbons (Fsp3) is 0.0769. The molecular weight excluding hydrogens is 293 g/mol. The maximum Gasteiger partial charge on any atom is 0.154 e. The molecule has 0 amide bonds. The minimum absolute atomic E-state index is 0.496. The molecule has 94 valence electrons. The SMILES string of the molecule is Cc1c(Cl)ccc(N)c1Oc1cc(Cl)cc(Cl)c1. The smallest absolute Gasteiger partial charge is 0.154 e. The zero-order valence-electron chi connectivity index (χ0n) is 9.51. The highest BCUT2D eigenvalue weighted by Gasteiger charge is 2.10. The lowest BCUT2D eigenvalue weighted by atomic mass is 10.2. The Hall–Kier alpha value is -1.09. The van der Waals surface area contributed by atoms with Gasteiger partial charge in [-0.15, -0.1) is 0 Å². The van der Waals surface area contributed by atoms with Gasteiger partial charge in [0.15, 0.2) is 5.75 Å². The van der Waals surface area contributed by atoms with Gasteiger partial charge in [-0.05, 0) is 37.3 Å². The second kappa shape index (κ2) is 5.27. The summed E-state index contributed by atoms with van der Waals surface area (Å²) in [6, 6.07) is 8.37. The van der Waals surface area contributed by atoms with Crippen molar-refractivity contribution < 1.29 is 4.74 Å². The summed E-state index contributed by atoms with van der Waals surface area (Å²) >= 11 is 17.8. The van der Waals surface area contributed by atoms with Crippen LogP contribution in [-0.2, 0) is 0 Å². The molecule has 2 aromatic rings. The third kappa shape index (κ3) is 2.83. The number of hydrogen-bond acceptors (Lipinski definition) is 2. The molecule has 0 aliphatic rings. The first-order chi connectivity index (χ1) is 8.47. The first-order valence-electron chi connectivity index (χ1n) is 5.16. The number of benzene rings is 2. The van der Waals surface area contributed by atoms with E-state index in [0.717, 1.165) is 5.56 Å². The van der Waals surface area contributed by atoms with E-state index in [1.165, 1.54) is 0 Å². The molecule has 0 aliphatic heterocycles. The zero-order valence-corrected chi connectivity index (χ0v) is 11.8. The second-order valence-electron chi connectivity index (χ2n) is 3.80. The van der Waals surface area contributed by atoms with E-state index in [-0.39, 0.29) is 0 Å². The van der Waals surface area contributed by atoms with Crippen molar-refractivity contribution in [3.05, 3.63) is 51.0 Å². The fourth-order valence-electron chi connectivity index (χ4n) is 1.53. The molecule has 0 saturated heterocycles. The fourth-order valence-corrected chi connectivity index (χ4v) is 2.18. The number of ether oxygens (including phenoxy) is 1. The molecule has 0 spiro atoms. The summed E-state index contributed by atoms with van der Waals surface area (Å²) in [6.07, 6.45) is 0. The lowest BCUT2D eigenvalue weighted by Crippen LogP contribution is -1.95. The van der Waals surface area contributed by atoms with Crippen LogP contribution < -0.4 is 10.5 Å². The van der Waals surface area contributed by atoms with Gasteiger partial charge in [0.05, 0.1) is 5.69 Å². The summed E-state index contributed by atoms with van der Waals surface area (Å²) in [5.41, 5.74) is 7.14. The van der Waals surface area contributed by atoms with E-state index in [1.54, 1.807) is 30.3 Å². The van der Waals surface area contributed by atoms with Crippen LogP contribution in [-0.4, -0.2) is 0 Å². The highest BCUT2D eigenvalue weighted by Crippen LogP contribution is 2.36. The summed E-state index contributed by atoms with van der Waals surface area (Å²) in [5, 5.41) is 1.58. The zero-order chi connectivity index (χ0) is 13.3. The maximum atomic E-state index is 6.03. The lowest BCUT2D eigenvalue weighted by Gasteiger charge is -2.13. The summed E-state index contributed by atoms with van der Waals surface area (Å²) in [6.45, 7) is 1.83. The van der Waals surface area contributed by atoms with Crippen molar-refractivity contribution in [2.24, 2.45) is 0 Å². The van der Waals surface area contributed by atoms with Crippen molar-refractivity contribution in [3.63, 3.8) is 0 Å². The molecule has 0 heterocycles. The third-order valence-electron chi connectivity index (χ3n) is 2.43. The predicted octanol–water partition coefficient (Wildman–Crippen LogP) is 5.33. The quantitative estimate of drug-likeness (QED) is 0.761. The largest absolute Gasteiger partial charge is 0.455 e. The van der Waals surface area contributed by atoms with E-state index < -0.39 is 0 Å². The summed E-state index contributed by atoms with van der Waals surface area (Å²) in [4.78, 5) is 0. The van der Waals surface area contributed by atoms with Gasteiger partial charge in [-0.25, -0.2) is 0 Å². The molecular formula is C13H10Cl3NO. The molecule has 0 saturated carbocycles. The summed E-state index contributed by atoms with van der Waals surface area (Å²) in [5.74, 6) is 1.03. The molecule has 0 aromatic heterocycles. The van der Waals surface area contributed by atoms with Gasteiger partial charge in [0.2, 0.25) is 0 Å². The Balaban J connectivity index is 2.42. The molecule has 0 fully saturated rings. The van der Waals surface area contributed by atoms with Gasteiger partial charge in [0, 0.05) is 20.6 Å². The van der Waals surface area contributed by atoms with Gasteiger partial charge in [-0.3, -0.25) is 0 Å². The van der Waals surface area contributed by atoms with Crippen LogP contribution in [0, 0.1) is 6.92 Å². The second-order valence-corrected chi connectivity index (χ2v) is 5.08. The van der Waals surface area contributed by atoms with Crippen LogP contribution in [0.15, 0.2) is 30.3 Å². The van der Waals surface area contributed by atoms with Gasteiger partial charge >= 0.3 is 0 Å². The van der Waals surface area contributed by atoms with E-state index in [2.05, 4.69) is 0 Å². The molecule has 5 heteroatoms. The number of hydrogen-bond donors (Lipinski definition) is 1. The van der Waals surface area contributed by atoms with E-state index in [9.17, 15) is 0 Å². The molecule has 0 bridgehead atoms. The summed E-state index contributed by atoms with van der Waals surface area (Å²) < 4.78 is 5.70. The van der Waals surface area contributed by atoms with Crippen molar-refractivity contribution in [2.45, 2.75) is 6.92 Å². The van der Waals surface area contributed by atoms with Crippen LogP contribution in [0.1, 0.15) is 5.56 Å². The van der Waals surface area contributed by atoms with Gasteiger partial charge < -0.3 is 10.5 Å². The van der Waals surface area contributed by atoms with Crippen LogP contribution in [0.25, 0.3) is 0 Å². The van der Waals surface area contributed by atoms with Crippen molar-refractivity contribution in [1.29, 1.82) is 0 Å². The van der Waals surface area contributed by atoms with Gasteiger partial charge in [-0.2, -0.15) is 0 Å². The molecule has 0 unspecified atom stereocenters. The molecule has 2 aromatic carbocycles. The van der Waals surface area contributed by atoms with Crippen molar-refractivity contribution in [1.82, 2.24) is 0 Å².